The van der Waals surface area contributed by atoms with Crippen LogP contribution in [0.3, 0.4) is 0 Å². The highest BCUT2D eigenvalue weighted by Crippen LogP contribution is 2.32. The van der Waals surface area contributed by atoms with Gasteiger partial charge in [-0.05, 0) is 36.2 Å². The first kappa shape index (κ1) is 13.1. The predicted molar refractivity (Wildman–Crippen MR) is 77.7 cm³/mol. The van der Waals surface area contributed by atoms with Crippen molar-refractivity contribution in [3.8, 4) is 11.5 Å². The number of nitro groups is 1. The molecule has 0 saturated heterocycles. The zero-order valence-electron chi connectivity index (χ0n) is 11.3. The standard InChI is InChI=1S/C15H12N2O4/c1-10-2-4-12(17(18)19)7-13(10)16-8-11-3-5-14-15(6-11)21-9-20-14/h2-8H,9H2,1H3. The minimum Gasteiger partial charge on any atom is -0.454 e. The molecule has 0 fully saturated rings. The largest absolute Gasteiger partial charge is 0.454 e. The molecule has 0 N–H and O–H groups in total. The highest BCUT2D eigenvalue weighted by molar-refractivity contribution is 5.83. The molecule has 21 heavy (non-hydrogen) atoms. The Morgan fingerprint density at radius 1 is 1.19 bits per heavy atom. The van der Waals surface area contributed by atoms with E-state index in [1.54, 1.807) is 12.3 Å². The zero-order chi connectivity index (χ0) is 14.8. The van der Waals surface area contributed by atoms with Crippen LogP contribution in [0.4, 0.5) is 11.4 Å². The highest BCUT2D eigenvalue weighted by atomic mass is 16.7. The molecule has 0 aliphatic carbocycles. The van der Waals surface area contributed by atoms with E-state index in [0.29, 0.717) is 17.2 Å². The normalized spacial score (nSPS) is 12.8. The quantitative estimate of drug-likeness (QED) is 0.492. The summed E-state index contributed by atoms with van der Waals surface area (Å²) in [5, 5.41) is 10.8. The fourth-order valence-electron chi connectivity index (χ4n) is 1.99. The molecule has 0 amide bonds. The summed E-state index contributed by atoms with van der Waals surface area (Å²) in [6.45, 7) is 2.08. The van der Waals surface area contributed by atoms with Crippen molar-refractivity contribution in [2.24, 2.45) is 4.99 Å². The molecule has 1 heterocycles. The van der Waals surface area contributed by atoms with Gasteiger partial charge in [0.25, 0.3) is 5.69 Å². The molecule has 0 saturated carbocycles. The topological polar surface area (TPSA) is 74.0 Å². The highest BCUT2D eigenvalue weighted by Gasteiger charge is 2.12. The third-order valence-electron chi connectivity index (χ3n) is 3.15. The molecular formula is C15H12N2O4. The van der Waals surface area contributed by atoms with Crippen molar-refractivity contribution in [3.05, 3.63) is 57.6 Å². The summed E-state index contributed by atoms with van der Waals surface area (Å²) in [7, 11) is 0. The predicted octanol–water partition coefficient (Wildman–Crippen LogP) is 3.38. The van der Waals surface area contributed by atoms with Gasteiger partial charge in [0, 0.05) is 18.3 Å². The molecule has 2 aromatic carbocycles. The first-order valence-corrected chi connectivity index (χ1v) is 6.32. The van der Waals surface area contributed by atoms with Crippen molar-refractivity contribution >= 4 is 17.6 Å². The van der Waals surface area contributed by atoms with Crippen LogP contribution in [0.1, 0.15) is 11.1 Å². The van der Waals surface area contributed by atoms with Crippen LogP contribution in [0.25, 0.3) is 0 Å². The minimum atomic E-state index is -0.432. The van der Waals surface area contributed by atoms with Gasteiger partial charge in [0.1, 0.15) is 0 Å². The lowest BCUT2D eigenvalue weighted by atomic mass is 10.2. The molecule has 0 radical (unpaired) electrons. The van der Waals surface area contributed by atoms with Crippen molar-refractivity contribution in [1.82, 2.24) is 0 Å². The van der Waals surface area contributed by atoms with Gasteiger partial charge in [-0.1, -0.05) is 6.07 Å². The average Bonchev–Trinajstić information content (AvgIpc) is 2.93. The van der Waals surface area contributed by atoms with E-state index in [9.17, 15) is 10.1 Å². The number of benzene rings is 2. The summed E-state index contributed by atoms with van der Waals surface area (Å²) < 4.78 is 10.5. The van der Waals surface area contributed by atoms with Crippen molar-refractivity contribution in [1.29, 1.82) is 0 Å². The van der Waals surface area contributed by atoms with Crippen molar-refractivity contribution in [2.75, 3.05) is 6.79 Å². The maximum Gasteiger partial charge on any atom is 0.271 e. The number of fused-ring (bicyclic) bond motifs is 1. The van der Waals surface area contributed by atoms with Crippen molar-refractivity contribution in [3.63, 3.8) is 0 Å². The SMILES string of the molecule is Cc1ccc([N+](=O)[O-])cc1N=Cc1ccc2c(c1)OCO2. The first-order chi connectivity index (χ1) is 10.1. The molecule has 3 rings (SSSR count). The van der Waals surface area contributed by atoms with Crippen LogP contribution in [0.2, 0.25) is 0 Å². The van der Waals surface area contributed by atoms with E-state index in [0.717, 1.165) is 11.1 Å². The molecule has 0 atom stereocenters. The maximum atomic E-state index is 10.8. The van der Waals surface area contributed by atoms with Crippen LogP contribution < -0.4 is 9.47 Å². The van der Waals surface area contributed by atoms with E-state index in [1.807, 2.05) is 25.1 Å². The summed E-state index contributed by atoms with van der Waals surface area (Å²) in [4.78, 5) is 14.7. The lowest BCUT2D eigenvalue weighted by Gasteiger charge is -2.00. The van der Waals surface area contributed by atoms with E-state index >= 15 is 0 Å². The second kappa shape index (κ2) is 5.24. The average molecular weight is 284 g/mol. The zero-order valence-corrected chi connectivity index (χ0v) is 11.3. The Balaban J connectivity index is 1.89. The van der Waals surface area contributed by atoms with Crippen LogP contribution >= 0.6 is 0 Å². The first-order valence-electron chi connectivity index (χ1n) is 6.32. The number of nitrogens with zero attached hydrogens (tertiary/aromatic N) is 2. The second-order valence-electron chi connectivity index (χ2n) is 4.60. The summed E-state index contributed by atoms with van der Waals surface area (Å²) in [5.41, 5.74) is 2.31. The third-order valence-corrected chi connectivity index (χ3v) is 3.15. The Morgan fingerprint density at radius 2 is 2.00 bits per heavy atom. The van der Waals surface area contributed by atoms with Crippen LogP contribution in [-0.4, -0.2) is 17.9 Å². The van der Waals surface area contributed by atoms with Crippen LogP contribution in [0.5, 0.6) is 11.5 Å². The number of non-ortho nitro benzene ring substituents is 1. The fraction of sp³-hybridized carbons (Fsp3) is 0.133. The van der Waals surface area contributed by atoms with Crippen LogP contribution in [-0.2, 0) is 0 Å². The molecule has 106 valence electrons. The lowest BCUT2D eigenvalue weighted by molar-refractivity contribution is -0.384. The Hall–Kier alpha value is -2.89. The number of aliphatic imine (C=N–C) groups is 1. The van der Waals surface area contributed by atoms with E-state index in [-0.39, 0.29) is 12.5 Å². The van der Waals surface area contributed by atoms with Gasteiger partial charge in [0.2, 0.25) is 6.79 Å². The minimum absolute atomic E-state index is 0.0263. The third kappa shape index (κ3) is 2.69. The van der Waals surface area contributed by atoms with Crippen LogP contribution in [0, 0.1) is 17.0 Å². The van der Waals surface area contributed by atoms with E-state index in [4.69, 9.17) is 9.47 Å². The Labute approximate surface area is 120 Å². The number of hydrogen-bond acceptors (Lipinski definition) is 5. The van der Waals surface area contributed by atoms with Gasteiger partial charge in [-0.3, -0.25) is 15.1 Å². The maximum absolute atomic E-state index is 10.8. The van der Waals surface area contributed by atoms with E-state index < -0.39 is 4.92 Å². The summed E-state index contributed by atoms with van der Waals surface area (Å²) in [6, 6.07) is 10.1. The summed E-state index contributed by atoms with van der Waals surface area (Å²) in [5.74, 6) is 1.38. The van der Waals surface area contributed by atoms with Gasteiger partial charge in [-0.25, -0.2) is 0 Å². The van der Waals surface area contributed by atoms with Gasteiger partial charge >= 0.3 is 0 Å². The number of ether oxygens (including phenoxy) is 2. The van der Waals surface area contributed by atoms with Crippen LogP contribution in [0.15, 0.2) is 41.4 Å². The molecule has 6 nitrogen and oxygen atoms in total. The molecule has 0 aromatic heterocycles. The smallest absolute Gasteiger partial charge is 0.271 e. The van der Waals surface area contributed by atoms with Gasteiger partial charge in [-0.15, -0.1) is 0 Å². The molecule has 6 heteroatoms. The van der Waals surface area contributed by atoms with Gasteiger partial charge in [-0.2, -0.15) is 0 Å². The van der Waals surface area contributed by atoms with Crippen molar-refractivity contribution < 1.29 is 14.4 Å². The number of nitro benzene ring substituents is 1. The molecule has 0 bridgehead atoms. The molecule has 0 spiro atoms. The molecular weight excluding hydrogens is 272 g/mol. The molecule has 1 aliphatic heterocycles. The molecule has 2 aromatic rings. The second-order valence-corrected chi connectivity index (χ2v) is 4.60. The number of rotatable bonds is 3. The van der Waals surface area contributed by atoms with E-state index in [1.165, 1.54) is 12.1 Å². The lowest BCUT2D eigenvalue weighted by Crippen LogP contribution is -1.92. The van der Waals surface area contributed by atoms with Gasteiger partial charge in [0.05, 0.1) is 10.6 Å². The summed E-state index contributed by atoms with van der Waals surface area (Å²) in [6.07, 6.45) is 1.65. The Kier molecular flexibility index (Phi) is 3.27. The molecule has 1 aliphatic rings. The monoisotopic (exact) mass is 284 g/mol. The van der Waals surface area contributed by atoms with Gasteiger partial charge < -0.3 is 9.47 Å². The van der Waals surface area contributed by atoms with E-state index in [2.05, 4.69) is 4.99 Å². The number of hydrogen-bond donors (Lipinski definition) is 0. The molecule has 0 unspecified atom stereocenters. The summed E-state index contributed by atoms with van der Waals surface area (Å²) >= 11 is 0. The fourth-order valence-corrected chi connectivity index (χ4v) is 1.99. The van der Waals surface area contributed by atoms with Crippen molar-refractivity contribution in [2.45, 2.75) is 6.92 Å². The van der Waals surface area contributed by atoms with Gasteiger partial charge in [0.15, 0.2) is 11.5 Å². The number of aryl methyl sites for hydroxylation is 1. The Bertz CT molecular complexity index is 740. The Morgan fingerprint density at radius 3 is 2.81 bits per heavy atom.